The Labute approximate surface area is 56.0 Å². The van der Waals surface area contributed by atoms with Gasteiger partial charge in [-0.25, -0.2) is 0 Å². The molecule has 1 aliphatic heterocycles. The highest BCUT2D eigenvalue weighted by molar-refractivity contribution is 4.85. The van der Waals surface area contributed by atoms with Crippen molar-refractivity contribution in [3.05, 3.63) is 18.4 Å². The van der Waals surface area contributed by atoms with E-state index in [2.05, 4.69) is 12.3 Å². The quantitative estimate of drug-likeness (QED) is 0.484. The minimum absolute atomic E-state index is 0.677. The van der Waals surface area contributed by atoms with Crippen molar-refractivity contribution < 1.29 is 4.74 Å². The Morgan fingerprint density at radius 2 is 2.11 bits per heavy atom. The first-order valence-corrected chi connectivity index (χ1v) is 3.37. The van der Waals surface area contributed by atoms with E-state index in [-0.39, 0.29) is 0 Å². The molecule has 1 heteroatoms. The lowest BCUT2D eigenvalue weighted by molar-refractivity contribution is 0.0786. The summed E-state index contributed by atoms with van der Waals surface area (Å²) in [6.45, 7) is 5.34. The van der Waals surface area contributed by atoms with Gasteiger partial charge in [0.25, 0.3) is 0 Å². The van der Waals surface area contributed by atoms with E-state index in [4.69, 9.17) is 4.74 Å². The Bertz CT molecular complexity index is 117. The van der Waals surface area contributed by atoms with Crippen LogP contribution in [0, 0.1) is 5.92 Å². The van der Waals surface area contributed by atoms with E-state index in [1.165, 1.54) is 0 Å². The molecule has 1 nitrogen and oxygen atoms in total. The van der Waals surface area contributed by atoms with Crippen LogP contribution in [0.25, 0.3) is 0 Å². The fourth-order valence-electron chi connectivity index (χ4n) is 1.05. The normalized spacial score (nSPS) is 20.9. The molecule has 0 spiro atoms. The Hall–Kier alpha value is -0.520. The van der Waals surface area contributed by atoms with Gasteiger partial charge in [-0.2, -0.15) is 0 Å². The van der Waals surface area contributed by atoms with Gasteiger partial charge in [0.1, 0.15) is 0 Å². The predicted molar refractivity (Wildman–Crippen MR) is 37.3 cm³/mol. The second kappa shape index (κ2) is 3.49. The Morgan fingerprint density at radius 3 is 2.67 bits per heavy atom. The number of ether oxygens (including phenoxy) is 1. The minimum Gasteiger partial charge on any atom is -0.381 e. The summed E-state index contributed by atoms with van der Waals surface area (Å²) in [5.41, 5.74) is 2.81. The second-order valence-corrected chi connectivity index (χ2v) is 2.32. The monoisotopic (exact) mass is 124 g/mol. The average Bonchev–Trinajstić information content (AvgIpc) is 1.91. The molecule has 0 aliphatic carbocycles. The van der Waals surface area contributed by atoms with Crippen LogP contribution in [0.15, 0.2) is 18.4 Å². The van der Waals surface area contributed by atoms with Gasteiger partial charge in [-0.3, -0.25) is 0 Å². The van der Waals surface area contributed by atoms with Crippen LogP contribution >= 0.6 is 0 Å². The van der Waals surface area contributed by atoms with Crippen molar-refractivity contribution in [2.24, 2.45) is 5.92 Å². The van der Waals surface area contributed by atoms with Crippen LogP contribution in [-0.4, -0.2) is 13.2 Å². The number of rotatable bonds is 1. The van der Waals surface area contributed by atoms with Crippen molar-refractivity contribution in [2.75, 3.05) is 13.2 Å². The lowest BCUT2D eigenvalue weighted by Crippen LogP contribution is -2.13. The molecule has 1 heterocycles. The van der Waals surface area contributed by atoms with E-state index in [1.54, 1.807) is 0 Å². The molecular formula is C8H12O. The molecule has 1 rings (SSSR count). The Kier molecular flexibility index (Phi) is 2.56. The van der Waals surface area contributed by atoms with E-state index in [0.717, 1.165) is 26.1 Å². The third kappa shape index (κ3) is 2.05. The van der Waals surface area contributed by atoms with Crippen LogP contribution in [0.4, 0.5) is 0 Å². The summed E-state index contributed by atoms with van der Waals surface area (Å²) in [6.07, 6.45) is 4.33. The zero-order valence-corrected chi connectivity index (χ0v) is 5.60. The van der Waals surface area contributed by atoms with E-state index in [9.17, 15) is 0 Å². The SMILES string of the molecule is C=C=CC1CCOCC1. The zero-order valence-electron chi connectivity index (χ0n) is 5.60. The maximum atomic E-state index is 5.18. The van der Waals surface area contributed by atoms with Crippen LogP contribution in [0.1, 0.15) is 12.8 Å². The topological polar surface area (TPSA) is 9.23 Å². The number of allylic oxidation sites excluding steroid dienone is 1. The molecule has 0 aromatic carbocycles. The lowest BCUT2D eigenvalue weighted by atomic mass is 10.0. The highest BCUT2D eigenvalue weighted by Crippen LogP contribution is 2.14. The zero-order chi connectivity index (χ0) is 6.53. The highest BCUT2D eigenvalue weighted by atomic mass is 16.5. The van der Waals surface area contributed by atoms with Gasteiger partial charge < -0.3 is 4.74 Å². The predicted octanol–water partition coefficient (Wildman–Crippen LogP) is 1.75. The first-order valence-electron chi connectivity index (χ1n) is 3.37. The van der Waals surface area contributed by atoms with Crippen molar-refractivity contribution in [1.29, 1.82) is 0 Å². The summed E-state index contributed by atoms with van der Waals surface area (Å²) >= 11 is 0. The molecule has 0 aromatic rings. The summed E-state index contributed by atoms with van der Waals surface area (Å²) in [5, 5.41) is 0. The number of hydrogen-bond donors (Lipinski definition) is 0. The van der Waals surface area contributed by atoms with Crippen LogP contribution < -0.4 is 0 Å². The van der Waals surface area contributed by atoms with Crippen molar-refractivity contribution in [1.82, 2.24) is 0 Å². The maximum absolute atomic E-state index is 5.18. The summed E-state index contributed by atoms with van der Waals surface area (Å²) < 4.78 is 5.18. The first kappa shape index (κ1) is 6.60. The van der Waals surface area contributed by atoms with Crippen LogP contribution in [0.2, 0.25) is 0 Å². The molecule has 50 valence electrons. The van der Waals surface area contributed by atoms with Crippen LogP contribution in [0.3, 0.4) is 0 Å². The van der Waals surface area contributed by atoms with Crippen LogP contribution in [0.5, 0.6) is 0 Å². The fraction of sp³-hybridized carbons (Fsp3) is 0.625. The van der Waals surface area contributed by atoms with E-state index >= 15 is 0 Å². The molecule has 1 fully saturated rings. The van der Waals surface area contributed by atoms with Gasteiger partial charge in [-0.15, -0.1) is 5.73 Å². The Balaban J connectivity index is 2.31. The molecule has 0 atom stereocenters. The standard InChI is InChI=1S/C8H12O/c1-2-3-8-4-6-9-7-5-8/h3,8H,1,4-7H2. The summed E-state index contributed by atoms with van der Waals surface area (Å²) in [7, 11) is 0. The molecular weight excluding hydrogens is 112 g/mol. The molecule has 0 saturated carbocycles. The van der Waals surface area contributed by atoms with Crippen molar-refractivity contribution in [3.8, 4) is 0 Å². The Morgan fingerprint density at radius 1 is 1.44 bits per heavy atom. The average molecular weight is 124 g/mol. The molecule has 0 radical (unpaired) electrons. The smallest absolute Gasteiger partial charge is 0.0471 e. The van der Waals surface area contributed by atoms with E-state index in [1.807, 2.05) is 6.08 Å². The molecule has 9 heavy (non-hydrogen) atoms. The molecule has 1 aliphatic rings. The van der Waals surface area contributed by atoms with Gasteiger partial charge in [-0.05, 0) is 24.8 Å². The van der Waals surface area contributed by atoms with Gasteiger partial charge >= 0.3 is 0 Å². The molecule has 1 saturated heterocycles. The molecule has 0 N–H and O–H groups in total. The first-order chi connectivity index (χ1) is 4.43. The van der Waals surface area contributed by atoms with Gasteiger partial charge in [0.2, 0.25) is 0 Å². The van der Waals surface area contributed by atoms with E-state index in [0.29, 0.717) is 5.92 Å². The molecule has 0 bridgehead atoms. The van der Waals surface area contributed by atoms with Gasteiger partial charge in [0.15, 0.2) is 0 Å². The molecule has 0 unspecified atom stereocenters. The third-order valence-electron chi connectivity index (χ3n) is 1.62. The lowest BCUT2D eigenvalue weighted by Gasteiger charge is -2.17. The van der Waals surface area contributed by atoms with E-state index < -0.39 is 0 Å². The largest absolute Gasteiger partial charge is 0.381 e. The van der Waals surface area contributed by atoms with Crippen LogP contribution in [-0.2, 0) is 4.74 Å². The number of hydrogen-bond acceptors (Lipinski definition) is 1. The van der Waals surface area contributed by atoms with Gasteiger partial charge in [-0.1, -0.05) is 6.58 Å². The van der Waals surface area contributed by atoms with Crippen molar-refractivity contribution in [2.45, 2.75) is 12.8 Å². The summed E-state index contributed by atoms with van der Waals surface area (Å²) in [5.74, 6) is 0.677. The highest BCUT2D eigenvalue weighted by Gasteiger charge is 2.08. The fourth-order valence-corrected chi connectivity index (χ4v) is 1.05. The minimum atomic E-state index is 0.677. The van der Waals surface area contributed by atoms with Gasteiger partial charge in [0.05, 0.1) is 0 Å². The van der Waals surface area contributed by atoms with Gasteiger partial charge in [0, 0.05) is 13.2 Å². The molecule has 0 amide bonds. The van der Waals surface area contributed by atoms with Crippen molar-refractivity contribution >= 4 is 0 Å². The summed E-state index contributed by atoms with van der Waals surface area (Å²) in [6, 6.07) is 0. The maximum Gasteiger partial charge on any atom is 0.0471 e. The summed E-state index contributed by atoms with van der Waals surface area (Å²) in [4.78, 5) is 0. The second-order valence-electron chi connectivity index (χ2n) is 2.32. The third-order valence-corrected chi connectivity index (χ3v) is 1.62. The van der Waals surface area contributed by atoms with Crippen molar-refractivity contribution in [3.63, 3.8) is 0 Å². The molecule has 0 aromatic heterocycles.